The molecular formula is C21H20N2O3S. The summed E-state index contributed by atoms with van der Waals surface area (Å²) in [6.07, 6.45) is 2.50. The van der Waals surface area contributed by atoms with Crippen molar-refractivity contribution >= 4 is 29.3 Å². The minimum Gasteiger partial charge on any atom is -0.452 e. The van der Waals surface area contributed by atoms with Crippen LogP contribution in [-0.2, 0) is 27.2 Å². The van der Waals surface area contributed by atoms with Gasteiger partial charge in [0.05, 0.1) is 17.4 Å². The summed E-state index contributed by atoms with van der Waals surface area (Å²) in [6.45, 7) is 1.53. The number of nitrogens with one attached hydrogen (secondary N) is 1. The number of anilines is 1. The maximum absolute atomic E-state index is 12.2. The number of amides is 1. The van der Waals surface area contributed by atoms with Crippen molar-refractivity contribution in [2.45, 2.75) is 37.2 Å². The molecular weight excluding hydrogens is 360 g/mol. The number of carbonyl (C=O) groups is 2. The van der Waals surface area contributed by atoms with E-state index in [-0.39, 0.29) is 5.75 Å². The zero-order valence-electron chi connectivity index (χ0n) is 15.0. The molecule has 5 nitrogen and oxygen atoms in total. The normalized spacial score (nSPS) is 13.3. The molecule has 0 heterocycles. The van der Waals surface area contributed by atoms with Gasteiger partial charge in [-0.25, -0.2) is 0 Å². The minimum atomic E-state index is -0.913. The molecule has 1 aliphatic carbocycles. The lowest BCUT2D eigenvalue weighted by Gasteiger charge is -2.13. The van der Waals surface area contributed by atoms with E-state index >= 15 is 0 Å². The molecule has 6 heteroatoms. The van der Waals surface area contributed by atoms with Gasteiger partial charge in [0.2, 0.25) is 0 Å². The Bertz CT molecular complexity index is 905. The molecule has 0 fully saturated rings. The van der Waals surface area contributed by atoms with E-state index in [4.69, 9.17) is 10.00 Å². The fourth-order valence-corrected chi connectivity index (χ4v) is 3.72. The van der Waals surface area contributed by atoms with E-state index in [1.54, 1.807) is 24.3 Å². The third-order valence-electron chi connectivity index (χ3n) is 4.36. The number of carbonyl (C=O) groups excluding carboxylic acids is 2. The number of ether oxygens (including phenoxy) is 1. The molecule has 0 bridgehead atoms. The lowest BCUT2D eigenvalue weighted by molar-refractivity contribution is -0.150. The summed E-state index contributed by atoms with van der Waals surface area (Å²) in [6, 6.07) is 14.9. The monoisotopic (exact) mass is 380 g/mol. The first-order valence-corrected chi connectivity index (χ1v) is 9.79. The van der Waals surface area contributed by atoms with E-state index in [2.05, 4.69) is 17.4 Å². The van der Waals surface area contributed by atoms with Gasteiger partial charge in [-0.15, -0.1) is 11.8 Å². The van der Waals surface area contributed by atoms with Gasteiger partial charge in [0.1, 0.15) is 0 Å². The standard InChI is InChI=1S/C21H20N2O3S/c1-14(21(25)23-18-7-2-4-15(10-18)12-22)26-20(24)13-27-19-9-8-16-5-3-6-17(16)11-19/h2,4,7-11,14H,3,5-6,13H2,1H3,(H,23,25)/t14-/m0/s1. The van der Waals surface area contributed by atoms with Gasteiger partial charge in [0.15, 0.2) is 6.10 Å². The smallest absolute Gasteiger partial charge is 0.317 e. The number of aryl methyl sites for hydroxylation is 2. The Balaban J connectivity index is 1.48. The molecule has 1 N–H and O–H groups in total. The van der Waals surface area contributed by atoms with Gasteiger partial charge in [-0.1, -0.05) is 12.1 Å². The highest BCUT2D eigenvalue weighted by molar-refractivity contribution is 8.00. The van der Waals surface area contributed by atoms with Gasteiger partial charge in [-0.05, 0) is 67.6 Å². The minimum absolute atomic E-state index is 0.153. The van der Waals surface area contributed by atoms with Crippen molar-refractivity contribution < 1.29 is 14.3 Å². The van der Waals surface area contributed by atoms with Crippen LogP contribution in [0.1, 0.15) is 30.0 Å². The third kappa shape index (κ3) is 5.11. The first kappa shape index (κ1) is 19.0. The molecule has 0 aromatic heterocycles. The van der Waals surface area contributed by atoms with Crippen LogP contribution in [0.2, 0.25) is 0 Å². The Morgan fingerprint density at radius 3 is 2.85 bits per heavy atom. The van der Waals surface area contributed by atoms with Crippen LogP contribution in [0.3, 0.4) is 0 Å². The molecule has 1 atom stereocenters. The summed E-state index contributed by atoms with van der Waals surface area (Å²) >= 11 is 1.41. The van der Waals surface area contributed by atoms with Crippen LogP contribution in [-0.4, -0.2) is 23.7 Å². The Morgan fingerprint density at radius 2 is 2.04 bits per heavy atom. The van der Waals surface area contributed by atoms with Crippen LogP contribution < -0.4 is 5.32 Å². The molecule has 27 heavy (non-hydrogen) atoms. The molecule has 2 aromatic rings. The molecule has 2 aromatic carbocycles. The van der Waals surface area contributed by atoms with Crippen molar-refractivity contribution in [2.24, 2.45) is 0 Å². The largest absolute Gasteiger partial charge is 0.452 e. The molecule has 0 unspecified atom stereocenters. The first-order valence-electron chi connectivity index (χ1n) is 8.80. The molecule has 3 rings (SSSR count). The van der Waals surface area contributed by atoms with Crippen molar-refractivity contribution in [1.29, 1.82) is 5.26 Å². The summed E-state index contributed by atoms with van der Waals surface area (Å²) in [7, 11) is 0. The maximum Gasteiger partial charge on any atom is 0.317 e. The van der Waals surface area contributed by atoms with Gasteiger partial charge in [0, 0.05) is 10.6 Å². The van der Waals surface area contributed by atoms with Crippen LogP contribution in [0.5, 0.6) is 0 Å². The number of esters is 1. The molecule has 1 amide bonds. The quantitative estimate of drug-likeness (QED) is 0.610. The summed E-state index contributed by atoms with van der Waals surface area (Å²) in [5, 5.41) is 11.5. The second-order valence-electron chi connectivity index (χ2n) is 6.39. The lowest BCUT2D eigenvalue weighted by Crippen LogP contribution is -2.30. The van der Waals surface area contributed by atoms with Gasteiger partial charge >= 0.3 is 5.97 Å². The number of nitrogens with zero attached hydrogens (tertiary/aromatic N) is 1. The number of fused-ring (bicyclic) bond motifs is 1. The SMILES string of the molecule is C[C@H](OC(=O)CSc1ccc2c(c1)CCC2)C(=O)Nc1cccc(C#N)c1. The Morgan fingerprint density at radius 1 is 1.22 bits per heavy atom. The highest BCUT2D eigenvalue weighted by Gasteiger charge is 2.18. The van der Waals surface area contributed by atoms with E-state index in [9.17, 15) is 9.59 Å². The van der Waals surface area contributed by atoms with E-state index in [1.807, 2.05) is 12.1 Å². The predicted molar refractivity (Wildman–Crippen MR) is 105 cm³/mol. The number of nitriles is 1. The Kier molecular flexibility index (Phi) is 6.15. The third-order valence-corrected chi connectivity index (χ3v) is 5.33. The zero-order chi connectivity index (χ0) is 19.2. The van der Waals surface area contributed by atoms with Crippen LogP contribution in [0.25, 0.3) is 0 Å². The van der Waals surface area contributed by atoms with Gasteiger partial charge < -0.3 is 10.1 Å². The Labute approximate surface area is 162 Å². The number of hydrogen-bond acceptors (Lipinski definition) is 5. The van der Waals surface area contributed by atoms with E-state index in [0.717, 1.165) is 17.7 Å². The van der Waals surface area contributed by atoms with Crippen LogP contribution in [0, 0.1) is 11.3 Å². The zero-order valence-corrected chi connectivity index (χ0v) is 15.8. The maximum atomic E-state index is 12.2. The number of rotatable bonds is 6. The van der Waals surface area contributed by atoms with Gasteiger partial charge in [-0.2, -0.15) is 5.26 Å². The van der Waals surface area contributed by atoms with Crippen molar-refractivity contribution in [3.05, 3.63) is 59.2 Å². The molecule has 0 spiro atoms. The summed E-state index contributed by atoms with van der Waals surface area (Å²) in [4.78, 5) is 25.3. The fraction of sp³-hybridized carbons (Fsp3) is 0.286. The van der Waals surface area contributed by atoms with E-state index in [1.165, 1.54) is 36.2 Å². The topological polar surface area (TPSA) is 79.2 Å². The predicted octanol–water partition coefficient (Wildman–Crippen LogP) is 3.71. The Hall–Kier alpha value is -2.78. The molecule has 0 aliphatic heterocycles. The van der Waals surface area contributed by atoms with Gasteiger partial charge in [-0.3, -0.25) is 9.59 Å². The van der Waals surface area contributed by atoms with Crippen molar-refractivity contribution in [1.82, 2.24) is 0 Å². The van der Waals surface area contributed by atoms with Gasteiger partial charge in [0.25, 0.3) is 5.91 Å². The summed E-state index contributed by atoms with van der Waals surface area (Å²) in [5.41, 5.74) is 3.70. The molecule has 0 radical (unpaired) electrons. The average Bonchev–Trinajstić information content (AvgIpc) is 3.14. The molecule has 0 saturated heterocycles. The fourth-order valence-electron chi connectivity index (χ4n) is 2.98. The number of hydrogen-bond donors (Lipinski definition) is 1. The first-order chi connectivity index (χ1) is 13.0. The number of benzene rings is 2. The second-order valence-corrected chi connectivity index (χ2v) is 7.44. The van der Waals surface area contributed by atoms with Crippen LogP contribution in [0.4, 0.5) is 5.69 Å². The molecule has 1 aliphatic rings. The van der Waals surface area contributed by atoms with E-state index in [0.29, 0.717) is 11.3 Å². The highest BCUT2D eigenvalue weighted by atomic mass is 32.2. The van der Waals surface area contributed by atoms with Crippen LogP contribution in [0.15, 0.2) is 47.4 Å². The number of thioether (sulfide) groups is 1. The van der Waals surface area contributed by atoms with Crippen LogP contribution >= 0.6 is 11.8 Å². The summed E-state index contributed by atoms with van der Waals surface area (Å²) in [5.74, 6) is -0.713. The van der Waals surface area contributed by atoms with E-state index < -0.39 is 18.0 Å². The second kappa shape index (κ2) is 8.74. The highest BCUT2D eigenvalue weighted by Crippen LogP contribution is 2.27. The van der Waals surface area contributed by atoms with Crippen molar-refractivity contribution in [3.8, 4) is 6.07 Å². The molecule has 138 valence electrons. The molecule has 0 saturated carbocycles. The summed E-state index contributed by atoms with van der Waals surface area (Å²) < 4.78 is 5.22. The average molecular weight is 380 g/mol. The van der Waals surface area contributed by atoms with Crippen molar-refractivity contribution in [3.63, 3.8) is 0 Å². The van der Waals surface area contributed by atoms with Crippen molar-refractivity contribution in [2.75, 3.05) is 11.1 Å². The lowest BCUT2D eigenvalue weighted by atomic mass is 10.1.